The summed E-state index contributed by atoms with van der Waals surface area (Å²) in [5.74, 6) is -0.108. The first-order valence-electron chi connectivity index (χ1n) is 11.9. The molecule has 2 aliphatic rings. The number of rotatable bonds is 6. The van der Waals surface area contributed by atoms with Gasteiger partial charge in [-0.25, -0.2) is 22.5 Å². The maximum Gasteiger partial charge on any atom is 0.243 e. The minimum Gasteiger partial charge on any atom is -0.497 e. The quantitative estimate of drug-likeness (QED) is 0.331. The first kappa shape index (κ1) is 24.7. The maximum absolute atomic E-state index is 14.0. The van der Waals surface area contributed by atoms with E-state index in [1.807, 2.05) is 6.08 Å². The Morgan fingerprint density at radius 3 is 2.74 bits per heavy atom. The molecule has 0 N–H and O–H groups in total. The van der Waals surface area contributed by atoms with Crippen LogP contribution in [-0.4, -0.2) is 53.5 Å². The summed E-state index contributed by atoms with van der Waals surface area (Å²) in [5.41, 5.74) is 2.03. The molecule has 0 bridgehead atoms. The zero-order valence-corrected chi connectivity index (χ0v) is 22.0. The number of fused-ring (bicyclic) bond motifs is 2. The van der Waals surface area contributed by atoms with E-state index in [0.717, 1.165) is 16.8 Å². The number of halogens is 1. The third-order valence-electron chi connectivity index (χ3n) is 7.19. The van der Waals surface area contributed by atoms with E-state index in [9.17, 15) is 17.6 Å². The highest BCUT2D eigenvalue weighted by Gasteiger charge is 2.51. The van der Waals surface area contributed by atoms with Crippen molar-refractivity contribution < 1.29 is 22.3 Å². The third kappa shape index (κ3) is 3.98. The van der Waals surface area contributed by atoms with Crippen LogP contribution in [0.3, 0.4) is 0 Å². The number of benzene rings is 2. The van der Waals surface area contributed by atoms with E-state index in [2.05, 4.69) is 10.1 Å². The average Bonchev–Trinajstić information content (AvgIpc) is 3.62. The Hall–Kier alpha value is -3.67. The topological polar surface area (TPSA) is 94.4 Å². The molecule has 3 heterocycles. The van der Waals surface area contributed by atoms with Crippen LogP contribution in [0.4, 0.5) is 4.39 Å². The van der Waals surface area contributed by atoms with Crippen molar-refractivity contribution in [2.24, 2.45) is 5.41 Å². The third-order valence-corrected chi connectivity index (χ3v) is 9.81. The Bertz CT molecular complexity index is 1660. The van der Waals surface area contributed by atoms with E-state index >= 15 is 0 Å². The Balaban J connectivity index is 1.43. The highest BCUT2D eigenvalue weighted by Crippen LogP contribution is 2.47. The zero-order chi connectivity index (χ0) is 26.5. The Morgan fingerprint density at radius 1 is 1.18 bits per heavy atom. The van der Waals surface area contributed by atoms with Crippen molar-refractivity contribution in [3.63, 3.8) is 0 Å². The predicted molar refractivity (Wildman–Crippen MR) is 140 cm³/mol. The number of ketones is 1. The molecular weight excluding hydrogens is 527 g/mol. The lowest BCUT2D eigenvalue weighted by Crippen LogP contribution is -2.53. The zero-order valence-electron chi connectivity index (χ0n) is 20.4. The van der Waals surface area contributed by atoms with E-state index < -0.39 is 15.4 Å². The fourth-order valence-electron chi connectivity index (χ4n) is 5.26. The molecule has 8 nitrogen and oxygen atoms in total. The van der Waals surface area contributed by atoms with Gasteiger partial charge in [-0.05, 0) is 60.9 Å². The number of Topliss-reactive ketones (excluding diaryl/α,β-unsaturated/α-hetero) is 1. The van der Waals surface area contributed by atoms with Gasteiger partial charge in [-0.1, -0.05) is 11.6 Å². The van der Waals surface area contributed by atoms with Crippen LogP contribution < -0.4 is 4.74 Å². The monoisotopic (exact) mass is 550 g/mol. The van der Waals surface area contributed by atoms with Crippen LogP contribution in [0.5, 0.6) is 5.75 Å². The molecule has 1 saturated heterocycles. The maximum atomic E-state index is 14.0. The van der Waals surface area contributed by atoms with E-state index in [4.69, 9.17) is 4.74 Å². The van der Waals surface area contributed by atoms with Crippen LogP contribution in [-0.2, 0) is 16.4 Å². The lowest BCUT2D eigenvalue weighted by molar-refractivity contribution is 0.0775. The van der Waals surface area contributed by atoms with Crippen LogP contribution in [0.1, 0.15) is 27.5 Å². The molecule has 2 aromatic carbocycles. The highest BCUT2D eigenvalue weighted by atomic mass is 32.2. The number of carbonyl (C=O) groups is 1. The Kier molecular flexibility index (Phi) is 6.01. The number of sulfonamides is 1. The highest BCUT2D eigenvalue weighted by molar-refractivity contribution is 7.89. The molecule has 1 aliphatic heterocycles. The Morgan fingerprint density at radius 2 is 2.00 bits per heavy atom. The summed E-state index contributed by atoms with van der Waals surface area (Å²) in [7, 11) is -2.42. The van der Waals surface area contributed by atoms with Crippen LogP contribution in [0.2, 0.25) is 0 Å². The molecule has 1 aliphatic carbocycles. The van der Waals surface area contributed by atoms with Gasteiger partial charge in [0.05, 0.1) is 35.0 Å². The molecule has 0 spiro atoms. The summed E-state index contributed by atoms with van der Waals surface area (Å²) < 4.78 is 49.3. The van der Waals surface area contributed by atoms with Gasteiger partial charge < -0.3 is 4.74 Å². The van der Waals surface area contributed by atoms with Crippen molar-refractivity contribution in [2.75, 3.05) is 20.2 Å². The van der Waals surface area contributed by atoms with Crippen molar-refractivity contribution >= 4 is 33.2 Å². The second kappa shape index (κ2) is 9.26. The fraction of sp³-hybridized carbons (Fsp3) is 0.222. The number of thiazole rings is 1. The Labute approximate surface area is 223 Å². The number of methoxy groups -OCH3 is 1. The molecule has 1 fully saturated rings. The van der Waals surface area contributed by atoms with Crippen molar-refractivity contribution in [1.82, 2.24) is 19.1 Å². The van der Waals surface area contributed by atoms with Crippen molar-refractivity contribution in [3.05, 3.63) is 94.0 Å². The van der Waals surface area contributed by atoms with Gasteiger partial charge in [0.1, 0.15) is 11.6 Å². The minimum absolute atomic E-state index is 0.0159. The molecule has 0 saturated carbocycles. The number of aromatic nitrogens is 3. The summed E-state index contributed by atoms with van der Waals surface area (Å²) in [6.45, 7) is 0.205. The molecule has 4 aromatic rings. The van der Waals surface area contributed by atoms with Crippen LogP contribution in [0.15, 0.2) is 76.8 Å². The average molecular weight is 551 g/mol. The van der Waals surface area contributed by atoms with Gasteiger partial charge >= 0.3 is 0 Å². The molecule has 1 unspecified atom stereocenters. The SMILES string of the molecule is COc1cccc(S(=O)(=O)N2CCC3=Cc4c(cnn4-c4ccc(F)cc4)CC3(C(=O)c3nccs3)C2)c1. The van der Waals surface area contributed by atoms with E-state index in [1.165, 1.54) is 47.0 Å². The largest absolute Gasteiger partial charge is 0.497 e. The van der Waals surface area contributed by atoms with E-state index in [-0.39, 0.29) is 36.0 Å². The molecule has 6 rings (SSSR count). The number of nitrogens with zero attached hydrogens (tertiary/aromatic N) is 4. The normalized spacial score (nSPS) is 19.4. The van der Waals surface area contributed by atoms with Gasteiger partial charge in [-0.3, -0.25) is 4.79 Å². The summed E-state index contributed by atoms with van der Waals surface area (Å²) in [6.07, 6.45) is 5.85. The van der Waals surface area contributed by atoms with Gasteiger partial charge in [0.15, 0.2) is 5.01 Å². The van der Waals surface area contributed by atoms with Crippen molar-refractivity contribution in [1.29, 1.82) is 0 Å². The number of hydrogen-bond acceptors (Lipinski definition) is 7. The molecule has 194 valence electrons. The molecule has 2 aromatic heterocycles. The summed E-state index contributed by atoms with van der Waals surface area (Å²) in [5, 5.41) is 6.60. The first-order chi connectivity index (χ1) is 18.3. The van der Waals surface area contributed by atoms with Crippen molar-refractivity contribution in [2.45, 2.75) is 17.7 Å². The van der Waals surface area contributed by atoms with Crippen LogP contribution in [0.25, 0.3) is 11.8 Å². The summed E-state index contributed by atoms with van der Waals surface area (Å²) in [6, 6.07) is 12.4. The van der Waals surface area contributed by atoms with Gasteiger partial charge in [-0.2, -0.15) is 9.40 Å². The molecule has 11 heteroatoms. The van der Waals surface area contributed by atoms with E-state index in [1.54, 1.807) is 46.7 Å². The minimum atomic E-state index is -3.90. The predicted octanol–water partition coefficient (Wildman–Crippen LogP) is 4.38. The second-order valence-corrected chi connectivity index (χ2v) is 12.1. The molecular formula is C27H23FN4O4S2. The van der Waals surface area contributed by atoms with Gasteiger partial charge in [0.25, 0.3) is 0 Å². The molecule has 38 heavy (non-hydrogen) atoms. The van der Waals surface area contributed by atoms with Gasteiger partial charge in [0, 0.05) is 30.7 Å². The summed E-state index contributed by atoms with van der Waals surface area (Å²) >= 11 is 1.24. The smallest absolute Gasteiger partial charge is 0.243 e. The number of carbonyl (C=O) groups excluding carboxylic acids is 1. The lowest BCUT2D eigenvalue weighted by atomic mass is 9.66. The van der Waals surface area contributed by atoms with E-state index in [0.29, 0.717) is 22.9 Å². The number of piperidine rings is 1. The second-order valence-electron chi connectivity index (χ2n) is 9.31. The van der Waals surface area contributed by atoms with Gasteiger partial charge in [0.2, 0.25) is 15.8 Å². The summed E-state index contributed by atoms with van der Waals surface area (Å²) in [4.78, 5) is 18.4. The van der Waals surface area contributed by atoms with Crippen LogP contribution in [0, 0.1) is 11.2 Å². The number of ether oxygens (including phenoxy) is 1. The van der Waals surface area contributed by atoms with Gasteiger partial charge in [-0.15, -0.1) is 11.3 Å². The lowest BCUT2D eigenvalue weighted by Gasteiger charge is -2.44. The standard InChI is InChI=1S/C27H23FN4O4S2/c1-36-22-3-2-4-23(14-22)38(34,35)31-11-9-19-13-24-18(16-30-32(24)21-7-5-20(28)6-8-21)15-27(19,17-31)25(33)26-29-10-12-37-26/h2-8,10,12-14,16H,9,11,15,17H2,1H3. The first-order valence-corrected chi connectivity index (χ1v) is 14.3. The molecule has 0 amide bonds. The fourth-order valence-corrected chi connectivity index (χ4v) is 7.47. The number of hydrogen-bond donors (Lipinski definition) is 0. The van der Waals surface area contributed by atoms with Crippen LogP contribution >= 0.6 is 11.3 Å². The molecule has 1 atom stereocenters. The van der Waals surface area contributed by atoms with Crippen molar-refractivity contribution in [3.8, 4) is 11.4 Å². The molecule has 0 radical (unpaired) electrons.